The Hall–Kier alpha value is -4.52. The van der Waals surface area contributed by atoms with Gasteiger partial charge in [0.15, 0.2) is 5.13 Å². The topological polar surface area (TPSA) is 161 Å². The maximum Gasteiger partial charge on any atom is 0.412 e. The van der Waals surface area contributed by atoms with Crippen LogP contribution < -0.4 is 21.3 Å². The highest BCUT2D eigenvalue weighted by atomic mass is 32.1. The molecular formula is C28H34N6O6S. The van der Waals surface area contributed by atoms with Crippen molar-refractivity contribution in [2.24, 2.45) is 0 Å². The second-order valence-corrected chi connectivity index (χ2v) is 10.8. The third-order valence-corrected chi connectivity index (χ3v) is 6.25. The van der Waals surface area contributed by atoms with E-state index in [1.165, 1.54) is 18.4 Å². The minimum atomic E-state index is -0.891. The molecule has 3 aromatic rings. The first kappa shape index (κ1) is 31.0. The van der Waals surface area contributed by atoms with Crippen LogP contribution in [0, 0.1) is 0 Å². The summed E-state index contributed by atoms with van der Waals surface area (Å²) < 4.78 is 9.94. The lowest BCUT2D eigenvalue weighted by Crippen LogP contribution is -2.43. The van der Waals surface area contributed by atoms with Gasteiger partial charge in [0.2, 0.25) is 11.8 Å². The molecule has 3 rings (SSSR count). The van der Waals surface area contributed by atoms with E-state index in [1.807, 2.05) is 17.5 Å². The van der Waals surface area contributed by atoms with Crippen LogP contribution in [0.5, 0.6) is 0 Å². The standard InChI is InChI=1S/C28H34N6O6S/c1-28(2,3)40-27(38)32-20-10-6-5-9-19(20)30-23(35)12-8-7-11-21(33-26(37)39-4)24(36)34-25-31-22(17-41-25)18-13-15-29-16-14-18/h5-6,9-10,13-17,21H,7-8,11-12H2,1-4H3,(H,30,35)(H,32,38)(H,33,37)(H,31,34,36). The lowest BCUT2D eigenvalue weighted by molar-refractivity contribution is -0.118. The first-order valence-electron chi connectivity index (χ1n) is 12.9. The van der Waals surface area contributed by atoms with Crippen molar-refractivity contribution in [1.29, 1.82) is 0 Å². The van der Waals surface area contributed by atoms with Gasteiger partial charge in [0, 0.05) is 29.8 Å². The molecule has 0 saturated heterocycles. The average molecular weight is 583 g/mol. The zero-order valence-electron chi connectivity index (χ0n) is 23.4. The van der Waals surface area contributed by atoms with Crippen LogP contribution in [0.2, 0.25) is 0 Å². The predicted molar refractivity (Wildman–Crippen MR) is 157 cm³/mol. The van der Waals surface area contributed by atoms with Gasteiger partial charge in [-0.05, 0) is 57.9 Å². The minimum Gasteiger partial charge on any atom is -0.453 e. The lowest BCUT2D eigenvalue weighted by Gasteiger charge is -2.20. The molecule has 0 bridgehead atoms. The number of hydrogen-bond donors (Lipinski definition) is 4. The summed E-state index contributed by atoms with van der Waals surface area (Å²) in [5.74, 6) is -0.714. The van der Waals surface area contributed by atoms with Crippen LogP contribution in [0.15, 0.2) is 54.2 Å². The highest BCUT2D eigenvalue weighted by Gasteiger charge is 2.22. The molecule has 1 atom stereocenters. The first-order valence-corrected chi connectivity index (χ1v) is 13.8. The number of ether oxygens (including phenoxy) is 2. The molecule has 12 nitrogen and oxygen atoms in total. The van der Waals surface area contributed by atoms with Gasteiger partial charge < -0.3 is 25.4 Å². The van der Waals surface area contributed by atoms with Crippen molar-refractivity contribution >= 4 is 51.8 Å². The number of nitrogens with one attached hydrogen (secondary N) is 4. The third-order valence-electron chi connectivity index (χ3n) is 5.49. The van der Waals surface area contributed by atoms with Crippen molar-refractivity contribution < 1.29 is 28.7 Å². The van der Waals surface area contributed by atoms with E-state index in [0.29, 0.717) is 35.0 Å². The highest BCUT2D eigenvalue weighted by molar-refractivity contribution is 7.14. The number of alkyl carbamates (subject to hydrolysis) is 1. The number of nitrogens with zero attached hydrogens (tertiary/aromatic N) is 2. The van der Waals surface area contributed by atoms with Gasteiger partial charge in [0.25, 0.3) is 0 Å². The summed E-state index contributed by atoms with van der Waals surface area (Å²) >= 11 is 1.26. The number of benzene rings is 1. The highest BCUT2D eigenvalue weighted by Crippen LogP contribution is 2.25. The number of carbonyl (C=O) groups excluding carboxylic acids is 4. The van der Waals surface area contributed by atoms with Crippen molar-refractivity contribution in [1.82, 2.24) is 15.3 Å². The van der Waals surface area contributed by atoms with E-state index < -0.39 is 29.7 Å². The molecule has 0 spiro atoms. The Labute approximate surface area is 242 Å². The fourth-order valence-corrected chi connectivity index (χ4v) is 4.33. The van der Waals surface area contributed by atoms with Gasteiger partial charge in [-0.2, -0.15) is 0 Å². The zero-order chi connectivity index (χ0) is 29.8. The number of aromatic nitrogens is 2. The number of para-hydroxylation sites is 2. The quantitative estimate of drug-likeness (QED) is 0.218. The van der Waals surface area contributed by atoms with E-state index in [2.05, 4.69) is 36.0 Å². The van der Waals surface area contributed by atoms with Gasteiger partial charge in [0.05, 0.1) is 24.2 Å². The van der Waals surface area contributed by atoms with Gasteiger partial charge in [-0.15, -0.1) is 11.3 Å². The van der Waals surface area contributed by atoms with Gasteiger partial charge in [0.1, 0.15) is 11.6 Å². The number of methoxy groups -OCH3 is 1. The summed E-state index contributed by atoms with van der Waals surface area (Å²) in [5, 5.41) is 12.9. The number of thiazole rings is 1. The van der Waals surface area contributed by atoms with Gasteiger partial charge in [-0.25, -0.2) is 14.6 Å². The maximum absolute atomic E-state index is 12.9. The van der Waals surface area contributed by atoms with Crippen molar-refractivity contribution in [2.75, 3.05) is 23.1 Å². The fourth-order valence-electron chi connectivity index (χ4n) is 3.61. The van der Waals surface area contributed by atoms with Crippen molar-refractivity contribution in [2.45, 2.75) is 58.1 Å². The monoisotopic (exact) mass is 582 g/mol. The van der Waals surface area contributed by atoms with Crippen LogP contribution in [0.1, 0.15) is 46.5 Å². The number of hydrogen-bond acceptors (Lipinski definition) is 9. The smallest absolute Gasteiger partial charge is 0.412 e. The summed E-state index contributed by atoms with van der Waals surface area (Å²) in [6.07, 6.45) is 3.29. The molecule has 1 unspecified atom stereocenters. The molecule has 0 aliphatic rings. The van der Waals surface area contributed by atoms with Crippen LogP contribution in [0.3, 0.4) is 0 Å². The number of anilines is 3. The van der Waals surface area contributed by atoms with Crippen LogP contribution >= 0.6 is 11.3 Å². The van der Waals surface area contributed by atoms with Gasteiger partial charge in [-0.3, -0.25) is 19.9 Å². The number of unbranched alkanes of at least 4 members (excludes halogenated alkanes) is 1. The Balaban J connectivity index is 1.51. The molecule has 0 radical (unpaired) electrons. The summed E-state index contributed by atoms with van der Waals surface area (Å²) in [5.41, 5.74) is 1.73. The molecule has 0 aliphatic heterocycles. The first-order chi connectivity index (χ1) is 19.5. The number of carbonyl (C=O) groups is 4. The summed E-state index contributed by atoms with van der Waals surface area (Å²) in [6.45, 7) is 5.27. The van der Waals surface area contributed by atoms with Gasteiger partial charge in [-0.1, -0.05) is 18.6 Å². The molecule has 13 heteroatoms. The van der Waals surface area contributed by atoms with E-state index in [4.69, 9.17) is 4.74 Å². The molecule has 0 saturated carbocycles. The van der Waals surface area contributed by atoms with Crippen molar-refractivity contribution in [3.63, 3.8) is 0 Å². The molecule has 2 heterocycles. The molecule has 4 amide bonds. The van der Waals surface area contributed by atoms with Crippen LogP contribution in [0.4, 0.5) is 26.1 Å². The lowest BCUT2D eigenvalue weighted by atomic mass is 10.1. The van der Waals surface area contributed by atoms with Crippen LogP contribution in [-0.4, -0.2) is 52.7 Å². The normalized spacial score (nSPS) is 11.6. The Morgan fingerprint density at radius 3 is 2.27 bits per heavy atom. The van der Waals surface area contributed by atoms with E-state index in [1.54, 1.807) is 57.4 Å². The predicted octanol–water partition coefficient (Wildman–Crippen LogP) is 5.41. The molecule has 218 valence electrons. The molecule has 4 N–H and O–H groups in total. The van der Waals surface area contributed by atoms with Crippen molar-refractivity contribution in [3.05, 3.63) is 54.2 Å². The minimum absolute atomic E-state index is 0.162. The molecule has 0 aliphatic carbocycles. The number of rotatable bonds is 11. The Morgan fingerprint density at radius 2 is 1.61 bits per heavy atom. The molecule has 1 aromatic carbocycles. The molecule has 41 heavy (non-hydrogen) atoms. The van der Waals surface area contributed by atoms with Gasteiger partial charge >= 0.3 is 12.2 Å². The molecular weight excluding hydrogens is 548 g/mol. The van der Waals surface area contributed by atoms with E-state index >= 15 is 0 Å². The number of pyridine rings is 1. The van der Waals surface area contributed by atoms with Crippen LogP contribution in [0.25, 0.3) is 11.3 Å². The van der Waals surface area contributed by atoms with Crippen molar-refractivity contribution in [3.8, 4) is 11.3 Å². The largest absolute Gasteiger partial charge is 0.453 e. The molecule has 2 aromatic heterocycles. The summed E-state index contributed by atoms with van der Waals surface area (Å²) in [6, 6.07) is 9.53. The van der Waals surface area contributed by atoms with E-state index in [-0.39, 0.29) is 18.7 Å². The Morgan fingerprint density at radius 1 is 0.927 bits per heavy atom. The third kappa shape index (κ3) is 10.5. The zero-order valence-corrected chi connectivity index (χ0v) is 24.2. The fraction of sp³-hybridized carbons (Fsp3) is 0.357. The maximum atomic E-state index is 12.9. The average Bonchev–Trinajstić information content (AvgIpc) is 3.39. The Kier molecular flexibility index (Phi) is 11.2. The van der Waals surface area contributed by atoms with Crippen LogP contribution in [-0.2, 0) is 19.1 Å². The number of amides is 4. The second-order valence-electron chi connectivity index (χ2n) is 9.92. The summed E-state index contributed by atoms with van der Waals surface area (Å²) in [4.78, 5) is 58.0. The van der Waals surface area contributed by atoms with E-state index in [0.717, 1.165) is 5.56 Å². The SMILES string of the molecule is COC(=O)NC(CCCCC(=O)Nc1ccccc1NC(=O)OC(C)(C)C)C(=O)Nc1nc(-c2ccncc2)cs1. The van der Waals surface area contributed by atoms with E-state index in [9.17, 15) is 19.2 Å². The molecule has 0 fully saturated rings. The second kappa shape index (κ2) is 14.7. The Bertz CT molecular complexity index is 1340. The summed E-state index contributed by atoms with van der Waals surface area (Å²) in [7, 11) is 1.21.